The van der Waals surface area contributed by atoms with Gasteiger partial charge in [-0.05, 0) is 62.5 Å². The molecular formula is C46H64O8. The Kier molecular flexibility index (Phi) is 21.4. The summed E-state index contributed by atoms with van der Waals surface area (Å²) in [5.41, 5.74) is 2.50. The topological polar surface area (TPSA) is 149 Å². The molecule has 296 valence electrons. The van der Waals surface area contributed by atoms with Crippen LogP contribution in [0.25, 0.3) is 0 Å². The number of carbonyl (C=O) groups excluding carboxylic acids is 4. The van der Waals surface area contributed by atoms with Crippen molar-refractivity contribution in [3.63, 3.8) is 0 Å². The first-order valence-electron chi connectivity index (χ1n) is 20.6. The zero-order valence-corrected chi connectivity index (χ0v) is 32.3. The van der Waals surface area contributed by atoms with Crippen LogP contribution in [-0.2, 0) is 32.0 Å². The number of allylic oxidation sites excluding steroid dienone is 2. The van der Waals surface area contributed by atoms with Gasteiger partial charge in [-0.15, -0.1) is 0 Å². The van der Waals surface area contributed by atoms with E-state index in [0.29, 0.717) is 0 Å². The minimum Gasteiger partial charge on any atom is -0.509 e. The number of Topliss-reactive ketones (excluding diaryl/α,β-unsaturated/α-hetero) is 4. The molecule has 0 radical (unpaired) electrons. The maximum Gasteiger partial charge on any atom is 0.170 e. The second-order valence-electron chi connectivity index (χ2n) is 15.0. The second-order valence-corrected chi connectivity index (χ2v) is 15.0. The van der Waals surface area contributed by atoms with E-state index in [-0.39, 0.29) is 72.8 Å². The standard InChI is InChI=1S/2C23H32O4/c2*24-19(22-20(25)16-17-21(26)23(22)27)15-11-6-4-2-1-3-5-8-12-18-13-9-7-10-14-18/h2*7,9-10,13-14,21,26-27H,1-6,8,11-12,15-17H2/t2*21-/m11/s1. The molecule has 8 heteroatoms. The molecule has 0 unspecified atom stereocenters. The molecule has 0 heterocycles. The number of carbonyl (C=O) groups is 4. The Balaban J connectivity index is 0.000000290. The number of hydrogen-bond donors (Lipinski definition) is 4. The third kappa shape index (κ3) is 16.6. The molecule has 0 aliphatic heterocycles. The van der Waals surface area contributed by atoms with Crippen molar-refractivity contribution in [1.82, 2.24) is 0 Å². The highest BCUT2D eigenvalue weighted by Crippen LogP contribution is 2.25. The summed E-state index contributed by atoms with van der Waals surface area (Å²) in [4.78, 5) is 47.9. The molecule has 0 saturated carbocycles. The Bertz CT molecular complexity index is 1380. The molecule has 2 aromatic carbocycles. The van der Waals surface area contributed by atoms with Crippen LogP contribution in [0.4, 0.5) is 0 Å². The lowest BCUT2D eigenvalue weighted by atomic mass is 9.89. The summed E-state index contributed by atoms with van der Waals surface area (Å²) in [6.07, 6.45) is 19.2. The summed E-state index contributed by atoms with van der Waals surface area (Å²) < 4.78 is 0. The fraction of sp³-hybridized carbons (Fsp3) is 0.565. The second kappa shape index (κ2) is 26.0. The molecule has 0 spiro atoms. The third-order valence-corrected chi connectivity index (χ3v) is 10.5. The number of aryl methyl sites for hydroxylation is 2. The van der Waals surface area contributed by atoms with Gasteiger partial charge < -0.3 is 20.4 Å². The largest absolute Gasteiger partial charge is 0.509 e. The number of ketones is 4. The molecule has 0 aromatic heterocycles. The average molecular weight is 745 g/mol. The van der Waals surface area contributed by atoms with Crippen LogP contribution in [0, 0.1) is 0 Å². The Morgan fingerprint density at radius 3 is 1.09 bits per heavy atom. The van der Waals surface area contributed by atoms with Crippen LogP contribution in [0.5, 0.6) is 0 Å². The van der Waals surface area contributed by atoms with E-state index < -0.39 is 23.7 Å². The highest BCUT2D eigenvalue weighted by Gasteiger charge is 2.32. The number of aliphatic hydroxyl groups excluding tert-OH is 4. The first kappa shape index (κ1) is 44.5. The molecule has 0 fully saturated rings. The SMILES string of the molecule is O=C(CCCCCCCCCCc1ccccc1)C1=C(O)[C@H](O)CCC1=O.O=C(CCCCCCCCCCc1ccccc1)C1=C(O)[C@H](O)CCC1=O. The van der Waals surface area contributed by atoms with Crippen LogP contribution in [0.3, 0.4) is 0 Å². The zero-order valence-electron chi connectivity index (χ0n) is 32.3. The van der Waals surface area contributed by atoms with Crippen molar-refractivity contribution in [2.45, 2.75) is 166 Å². The maximum atomic E-state index is 12.1. The quantitative estimate of drug-likeness (QED) is 0.0613. The van der Waals surface area contributed by atoms with Gasteiger partial charge in [-0.3, -0.25) is 19.2 Å². The van der Waals surface area contributed by atoms with Gasteiger partial charge in [-0.2, -0.15) is 0 Å². The van der Waals surface area contributed by atoms with Gasteiger partial charge in [0.15, 0.2) is 23.1 Å². The first-order chi connectivity index (χ1) is 26.2. The minimum absolute atomic E-state index is 0.135. The fourth-order valence-corrected chi connectivity index (χ4v) is 7.16. The van der Waals surface area contributed by atoms with E-state index in [1.54, 1.807) is 0 Å². The number of benzene rings is 2. The summed E-state index contributed by atoms with van der Waals surface area (Å²) in [6, 6.07) is 21.2. The maximum absolute atomic E-state index is 12.1. The molecular weight excluding hydrogens is 680 g/mol. The van der Waals surface area contributed by atoms with Gasteiger partial charge in [0.1, 0.15) is 34.9 Å². The molecule has 0 saturated heterocycles. The number of rotatable bonds is 24. The summed E-state index contributed by atoms with van der Waals surface area (Å²) in [5, 5.41) is 38.8. The van der Waals surface area contributed by atoms with E-state index >= 15 is 0 Å². The van der Waals surface area contributed by atoms with Gasteiger partial charge in [0, 0.05) is 25.7 Å². The Morgan fingerprint density at radius 1 is 0.463 bits per heavy atom. The zero-order chi connectivity index (χ0) is 39.0. The summed E-state index contributed by atoms with van der Waals surface area (Å²) >= 11 is 0. The van der Waals surface area contributed by atoms with Crippen molar-refractivity contribution < 1.29 is 39.6 Å². The normalized spacial score (nSPS) is 17.4. The molecule has 2 aromatic rings. The van der Waals surface area contributed by atoms with E-state index in [2.05, 4.69) is 48.5 Å². The average Bonchev–Trinajstić information content (AvgIpc) is 3.17. The van der Waals surface area contributed by atoms with Gasteiger partial charge in [0.25, 0.3) is 0 Å². The van der Waals surface area contributed by atoms with Crippen LogP contribution in [0.1, 0.15) is 152 Å². The summed E-state index contributed by atoms with van der Waals surface area (Å²) in [5.74, 6) is -2.16. The van der Waals surface area contributed by atoms with Crippen LogP contribution in [0.2, 0.25) is 0 Å². The molecule has 8 nitrogen and oxygen atoms in total. The Hall–Kier alpha value is -3.88. The highest BCUT2D eigenvalue weighted by atomic mass is 16.3. The predicted molar refractivity (Wildman–Crippen MR) is 213 cm³/mol. The lowest BCUT2D eigenvalue weighted by Gasteiger charge is -2.18. The van der Waals surface area contributed by atoms with Crippen LogP contribution < -0.4 is 0 Å². The van der Waals surface area contributed by atoms with Crippen LogP contribution >= 0.6 is 0 Å². The molecule has 0 amide bonds. The van der Waals surface area contributed by atoms with Crippen molar-refractivity contribution in [3.8, 4) is 0 Å². The van der Waals surface area contributed by atoms with Gasteiger partial charge in [-0.25, -0.2) is 0 Å². The number of hydrogen-bond acceptors (Lipinski definition) is 8. The van der Waals surface area contributed by atoms with Crippen molar-refractivity contribution >= 4 is 23.1 Å². The molecule has 2 aliphatic carbocycles. The van der Waals surface area contributed by atoms with E-state index in [0.717, 1.165) is 51.4 Å². The van der Waals surface area contributed by atoms with E-state index in [1.165, 1.54) is 75.3 Å². The van der Waals surface area contributed by atoms with Crippen molar-refractivity contribution in [1.29, 1.82) is 0 Å². The highest BCUT2D eigenvalue weighted by molar-refractivity contribution is 6.21. The minimum atomic E-state index is -1.07. The van der Waals surface area contributed by atoms with Gasteiger partial charge in [0.05, 0.1) is 0 Å². The Morgan fingerprint density at radius 2 is 0.759 bits per heavy atom. The van der Waals surface area contributed by atoms with E-state index in [1.807, 2.05) is 12.1 Å². The Labute approximate surface area is 322 Å². The van der Waals surface area contributed by atoms with E-state index in [9.17, 15) is 39.6 Å². The van der Waals surface area contributed by atoms with Gasteiger partial charge >= 0.3 is 0 Å². The van der Waals surface area contributed by atoms with Crippen molar-refractivity contribution in [2.75, 3.05) is 0 Å². The number of unbranched alkanes of at least 4 members (excludes halogenated alkanes) is 14. The molecule has 0 bridgehead atoms. The summed E-state index contributed by atoms with van der Waals surface area (Å²) in [7, 11) is 0. The smallest absolute Gasteiger partial charge is 0.170 e. The van der Waals surface area contributed by atoms with E-state index in [4.69, 9.17) is 0 Å². The van der Waals surface area contributed by atoms with Gasteiger partial charge in [-0.1, -0.05) is 138 Å². The lowest BCUT2D eigenvalue weighted by molar-refractivity contribution is -0.124. The molecule has 4 rings (SSSR count). The summed E-state index contributed by atoms with van der Waals surface area (Å²) in [6.45, 7) is 0. The van der Waals surface area contributed by atoms with Crippen LogP contribution in [-0.4, -0.2) is 55.8 Å². The molecule has 4 N–H and O–H groups in total. The lowest BCUT2D eigenvalue weighted by Crippen LogP contribution is -2.27. The first-order valence-corrected chi connectivity index (χ1v) is 20.6. The molecule has 2 aliphatic rings. The van der Waals surface area contributed by atoms with Crippen LogP contribution in [0.15, 0.2) is 83.3 Å². The monoisotopic (exact) mass is 744 g/mol. The van der Waals surface area contributed by atoms with Gasteiger partial charge in [0.2, 0.25) is 0 Å². The molecule has 54 heavy (non-hydrogen) atoms. The molecule has 2 atom stereocenters. The fourth-order valence-electron chi connectivity index (χ4n) is 7.16. The van der Waals surface area contributed by atoms with Crippen molar-refractivity contribution in [2.24, 2.45) is 0 Å². The van der Waals surface area contributed by atoms with Crippen molar-refractivity contribution in [3.05, 3.63) is 94.5 Å². The predicted octanol–water partition coefficient (Wildman–Crippen LogP) is 9.69. The number of aliphatic hydroxyl groups is 4. The third-order valence-electron chi connectivity index (χ3n) is 10.5.